The fourth-order valence-corrected chi connectivity index (χ4v) is 4.47. The second kappa shape index (κ2) is 8.74. The summed E-state index contributed by atoms with van der Waals surface area (Å²) in [5.41, 5.74) is 6.17. The maximum absolute atomic E-state index is 13.5. The van der Waals surface area contributed by atoms with Crippen molar-refractivity contribution in [1.82, 2.24) is 24.6 Å². The van der Waals surface area contributed by atoms with E-state index in [2.05, 4.69) is 20.1 Å². The van der Waals surface area contributed by atoms with Crippen LogP contribution in [0, 0.1) is 0 Å². The molecule has 0 unspecified atom stereocenters. The van der Waals surface area contributed by atoms with Gasteiger partial charge in [0.1, 0.15) is 10.5 Å². The van der Waals surface area contributed by atoms with Gasteiger partial charge >= 0.3 is 6.30 Å². The molecule has 0 aromatic carbocycles. The van der Waals surface area contributed by atoms with Crippen LogP contribution in [-0.4, -0.2) is 62.1 Å². The normalized spacial score (nSPS) is 17.1. The number of aryl methyl sites for hydroxylation is 1. The van der Waals surface area contributed by atoms with Gasteiger partial charge in [0.05, 0.1) is 16.1 Å². The maximum atomic E-state index is 13.5. The van der Waals surface area contributed by atoms with Crippen LogP contribution < -0.4 is 5.73 Å². The highest BCUT2D eigenvalue weighted by molar-refractivity contribution is 7.20. The van der Waals surface area contributed by atoms with Gasteiger partial charge in [0.15, 0.2) is 5.82 Å². The number of nitrogens with zero attached hydrogens (tertiary/aromatic N) is 6. The minimum absolute atomic E-state index is 0.0838. The number of aliphatic imine (C=N–C) groups is 1. The van der Waals surface area contributed by atoms with Crippen LogP contribution in [0.25, 0.3) is 27.2 Å². The molecule has 4 heterocycles. The number of halogens is 5. The summed E-state index contributed by atoms with van der Waals surface area (Å²) in [6, 6.07) is 3.20. The molecule has 14 heteroatoms. The number of carbonyl (C=O) groups is 1. The smallest absolute Gasteiger partial charge is 0.404 e. The third-order valence-electron chi connectivity index (χ3n) is 5.24. The van der Waals surface area contributed by atoms with Crippen LogP contribution in [0.5, 0.6) is 0 Å². The quantitative estimate of drug-likeness (QED) is 0.334. The van der Waals surface area contributed by atoms with Gasteiger partial charge in [-0.3, -0.25) is 9.48 Å². The number of piperidine rings is 1. The highest BCUT2D eigenvalue weighted by Gasteiger charge is 2.36. The van der Waals surface area contributed by atoms with Crippen LogP contribution in [0.2, 0.25) is 0 Å². The Morgan fingerprint density at radius 2 is 1.97 bits per heavy atom. The van der Waals surface area contributed by atoms with Gasteiger partial charge in [-0.05, 0) is 12.1 Å². The summed E-state index contributed by atoms with van der Waals surface area (Å²) in [7, 11) is 1.65. The first kappa shape index (κ1) is 23.7. The van der Waals surface area contributed by atoms with E-state index < -0.39 is 31.0 Å². The summed E-state index contributed by atoms with van der Waals surface area (Å²) < 4.78 is 66.3. The standard InChI is InChI=1S/C20H18F5N7OS/c1-31-13(2-5-28-31)15-12-8-14(18(33)32-6-3-19(21,22)4-7-32)34-17(12)30-16(29-15)11(9-26)10-27-20(23,24)25/h2,5,8-10H,3-4,6-7,26H2,1H3/b11-9+,27-10+. The minimum Gasteiger partial charge on any atom is -0.404 e. The summed E-state index contributed by atoms with van der Waals surface area (Å²) >= 11 is 0.988. The lowest BCUT2D eigenvalue weighted by molar-refractivity contribution is -0.118. The Kier molecular flexibility index (Phi) is 6.10. The van der Waals surface area contributed by atoms with Crippen molar-refractivity contribution in [1.29, 1.82) is 0 Å². The number of carbonyl (C=O) groups excluding carboxylic acids is 1. The van der Waals surface area contributed by atoms with E-state index in [1.807, 2.05) is 0 Å². The fraction of sp³-hybridized carbons (Fsp3) is 0.350. The summed E-state index contributed by atoms with van der Waals surface area (Å²) in [5, 5.41) is 4.56. The molecule has 0 saturated carbocycles. The monoisotopic (exact) mass is 499 g/mol. The summed E-state index contributed by atoms with van der Waals surface area (Å²) in [6.45, 7) is -0.168. The van der Waals surface area contributed by atoms with E-state index in [9.17, 15) is 26.7 Å². The minimum atomic E-state index is -4.81. The zero-order chi connectivity index (χ0) is 24.7. The molecule has 3 aromatic heterocycles. The molecular weight excluding hydrogens is 481 g/mol. The Labute approximate surface area is 193 Å². The lowest BCUT2D eigenvalue weighted by Crippen LogP contribution is -2.42. The molecule has 1 amide bonds. The van der Waals surface area contributed by atoms with Gasteiger partial charge in [0.25, 0.3) is 11.8 Å². The predicted octanol–water partition coefficient (Wildman–Crippen LogP) is 3.85. The second-order valence-electron chi connectivity index (χ2n) is 7.56. The lowest BCUT2D eigenvalue weighted by Gasteiger charge is -2.31. The lowest BCUT2D eigenvalue weighted by atomic mass is 10.1. The SMILES string of the molecule is Cn1nccc1-c1nc(C(/C=N/C(F)(F)F)=C/N)nc2sc(C(=O)N3CCC(F)(F)CC3)cc12. The predicted molar refractivity (Wildman–Crippen MR) is 116 cm³/mol. The molecule has 0 bridgehead atoms. The van der Waals surface area contributed by atoms with Crippen LogP contribution in [0.3, 0.4) is 0 Å². The Bertz CT molecular complexity index is 1280. The van der Waals surface area contributed by atoms with Gasteiger partial charge in [-0.1, -0.05) is 0 Å². The van der Waals surface area contributed by atoms with E-state index in [4.69, 9.17) is 5.73 Å². The van der Waals surface area contributed by atoms with E-state index in [-0.39, 0.29) is 29.4 Å². The van der Waals surface area contributed by atoms with Gasteiger partial charge in [-0.2, -0.15) is 10.1 Å². The molecule has 1 fully saturated rings. The summed E-state index contributed by atoms with van der Waals surface area (Å²) in [4.78, 5) is 26.1. The number of fused-ring (bicyclic) bond motifs is 1. The first-order valence-electron chi connectivity index (χ1n) is 9.99. The molecule has 34 heavy (non-hydrogen) atoms. The van der Waals surface area contributed by atoms with Gasteiger partial charge in [-0.15, -0.1) is 24.5 Å². The average Bonchev–Trinajstić information content (AvgIpc) is 3.38. The molecule has 0 spiro atoms. The van der Waals surface area contributed by atoms with Crippen LogP contribution in [0.15, 0.2) is 29.5 Å². The Hall–Kier alpha value is -3.42. The van der Waals surface area contributed by atoms with Crippen molar-refractivity contribution in [2.45, 2.75) is 25.1 Å². The molecule has 3 aromatic rings. The Balaban J connectivity index is 1.79. The summed E-state index contributed by atoms with van der Waals surface area (Å²) in [6.07, 6.45) is -2.72. The van der Waals surface area contributed by atoms with Gasteiger partial charge in [-0.25, -0.2) is 18.7 Å². The third kappa shape index (κ3) is 4.90. The van der Waals surface area contributed by atoms with Gasteiger partial charge in [0, 0.05) is 57.0 Å². The number of rotatable bonds is 4. The zero-order valence-corrected chi connectivity index (χ0v) is 18.5. The van der Waals surface area contributed by atoms with E-state index in [0.29, 0.717) is 27.8 Å². The van der Waals surface area contributed by atoms with Gasteiger partial charge < -0.3 is 10.6 Å². The highest BCUT2D eigenvalue weighted by Crippen LogP contribution is 2.35. The molecular formula is C20H18F5N7OS. The molecule has 1 aliphatic rings. The largest absolute Gasteiger partial charge is 0.503 e. The molecule has 180 valence electrons. The number of nitrogens with two attached hydrogens (primary N) is 1. The molecule has 1 saturated heterocycles. The van der Waals surface area contributed by atoms with Crippen molar-refractivity contribution in [2.75, 3.05) is 13.1 Å². The van der Waals surface area contributed by atoms with Crippen molar-refractivity contribution in [3.63, 3.8) is 0 Å². The van der Waals surface area contributed by atoms with Gasteiger partial charge in [0.2, 0.25) is 0 Å². The number of hydrogen-bond donors (Lipinski definition) is 1. The topological polar surface area (TPSA) is 102 Å². The average molecular weight is 499 g/mol. The molecule has 1 aliphatic heterocycles. The van der Waals surface area contributed by atoms with Crippen molar-refractivity contribution in [2.24, 2.45) is 17.8 Å². The van der Waals surface area contributed by atoms with Crippen LogP contribution in [0.1, 0.15) is 28.3 Å². The third-order valence-corrected chi connectivity index (χ3v) is 6.25. The number of likely N-dealkylation sites (tertiary alicyclic amines) is 1. The summed E-state index contributed by atoms with van der Waals surface area (Å²) in [5.74, 6) is -3.35. The van der Waals surface area contributed by atoms with Crippen LogP contribution in [-0.2, 0) is 7.05 Å². The number of allylic oxidation sites excluding steroid dienone is 1. The molecule has 8 nitrogen and oxygen atoms in total. The Morgan fingerprint density at radius 1 is 1.26 bits per heavy atom. The van der Waals surface area contributed by atoms with E-state index in [1.54, 1.807) is 19.2 Å². The number of amides is 1. The number of aromatic nitrogens is 4. The number of thiophene rings is 1. The van der Waals surface area contributed by atoms with Crippen molar-refractivity contribution < 1.29 is 26.7 Å². The first-order valence-corrected chi connectivity index (χ1v) is 10.8. The molecule has 0 radical (unpaired) electrons. The molecule has 2 N–H and O–H groups in total. The van der Waals surface area contributed by atoms with Crippen molar-refractivity contribution >= 4 is 39.2 Å². The highest BCUT2D eigenvalue weighted by atomic mass is 32.1. The fourth-order valence-electron chi connectivity index (χ4n) is 3.47. The molecule has 0 aliphatic carbocycles. The maximum Gasteiger partial charge on any atom is 0.503 e. The Morgan fingerprint density at radius 3 is 2.56 bits per heavy atom. The number of alkyl halides is 5. The van der Waals surface area contributed by atoms with Crippen molar-refractivity contribution in [3.05, 3.63) is 35.2 Å². The first-order chi connectivity index (χ1) is 16.0. The molecule has 0 atom stereocenters. The van der Waals surface area contributed by atoms with E-state index in [0.717, 1.165) is 17.5 Å². The second-order valence-corrected chi connectivity index (χ2v) is 8.59. The zero-order valence-electron chi connectivity index (χ0n) is 17.7. The van der Waals surface area contributed by atoms with Crippen LogP contribution in [0.4, 0.5) is 22.0 Å². The van der Waals surface area contributed by atoms with E-state index in [1.165, 1.54) is 15.8 Å². The molecule has 4 rings (SSSR count). The van der Waals surface area contributed by atoms with Crippen molar-refractivity contribution in [3.8, 4) is 11.4 Å². The van der Waals surface area contributed by atoms with E-state index >= 15 is 0 Å². The number of hydrogen-bond acceptors (Lipinski definition) is 7. The van der Waals surface area contributed by atoms with Crippen LogP contribution >= 0.6 is 11.3 Å².